The molecule has 0 saturated carbocycles. The van der Waals surface area contributed by atoms with Gasteiger partial charge in [0.1, 0.15) is 6.61 Å². The fourth-order valence-electron chi connectivity index (χ4n) is 5.15. The van der Waals surface area contributed by atoms with Crippen LogP contribution in [0.1, 0.15) is 174 Å². The van der Waals surface area contributed by atoms with Gasteiger partial charge < -0.3 is 14.6 Å². The van der Waals surface area contributed by atoms with Gasteiger partial charge in [-0.25, -0.2) is 0 Å². The van der Waals surface area contributed by atoms with Crippen LogP contribution in [0.3, 0.4) is 0 Å². The Balaban J connectivity index is 3.71. The molecular formula is C41H70O6. The van der Waals surface area contributed by atoms with Crippen LogP contribution in [0, 0.1) is 0 Å². The highest BCUT2D eigenvalue weighted by molar-refractivity contribution is 5.89. The van der Waals surface area contributed by atoms with Crippen molar-refractivity contribution in [1.82, 2.24) is 0 Å². The Bertz CT molecular complexity index is 856. The Morgan fingerprint density at radius 2 is 1.04 bits per heavy atom. The van der Waals surface area contributed by atoms with E-state index in [0.29, 0.717) is 19.3 Å². The molecule has 0 fully saturated rings. The van der Waals surface area contributed by atoms with Gasteiger partial charge in [-0.15, -0.1) is 0 Å². The highest BCUT2D eigenvalue weighted by atomic mass is 16.6. The first-order valence-corrected chi connectivity index (χ1v) is 19.1. The van der Waals surface area contributed by atoms with Gasteiger partial charge in [0.15, 0.2) is 11.9 Å². The number of carbonyl (C=O) groups is 3. The van der Waals surface area contributed by atoms with E-state index in [1.54, 1.807) is 6.08 Å². The van der Waals surface area contributed by atoms with E-state index in [4.69, 9.17) is 9.47 Å². The standard InChI is InChI=1S/C41H70O6/c1-3-5-7-8-9-10-11-12-13-14-17-20-23-26-30-34-40(44)46-37-39(36-42)47-41(45)35-31-27-24-21-18-15-16-19-22-25-29-33-38(43)32-28-6-4-2/h15-16,21-22,24-25,29,33,39,42H,3-14,17-20,23,26-28,30-32,34-37H2,1-2H3/b16-15-,24-21-,25-22-,33-29+/t39-/m0/s1. The molecule has 0 rings (SSSR count). The fraction of sp³-hybridized carbons (Fsp3) is 0.732. The molecule has 1 atom stereocenters. The molecule has 0 aromatic rings. The van der Waals surface area contributed by atoms with Gasteiger partial charge in [-0.3, -0.25) is 14.4 Å². The second kappa shape index (κ2) is 36.4. The average molecular weight is 659 g/mol. The first-order chi connectivity index (χ1) is 23.0. The number of rotatable bonds is 34. The maximum Gasteiger partial charge on any atom is 0.306 e. The highest BCUT2D eigenvalue weighted by Crippen LogP contribution is 2.14. The van der Waals surface area contributed by atoms with Gasteiger partial charge in [0, 0.05) is 19.3 Å². The molecule has 6 heteroatoms. The quantitative estimate of drug-likeness (QED) is 0.0243. The summed E-state index contributed by atoms with van der Waals surface area (Å²) in [6, 6.07) is 0. The smallest absolute Gasteiger partial charge is 0.306 e. The molecule has 0 heterocycles. The summed E-state index contributed by atoms with van der Waals surface area (Å²) in [7, 11) is 0. The van der Waals surface area contributed by atoms with Crippen molar-refractivity contribution in [3.8, 4) is 0 Å². The number of hydrogen-bond donors (Lipinski definition) is 1. The van der Waals surface area contributed by atoms with Crippen LogP contribution in [0.25, 0.3) is 0 Å². The van der Waals surface area contributed by atoms with E-state index in [1.807, 2.05) is 24.3 Å². The van der Waals surface area contributed by atoms with Crippen LogP contribution >= 0.6 is 0 Å². The number of aliphatic hydroxyl groups is 1. The number of aliphatic hydroxyl groups excluding tert-OH is 1. The second-order valence-electron chi connectivity index (χ2n) is 12.7. The lowest BCUT2D eigenvalue weighted by Crippen LogP contribution is -2.28. The van der Waals surface area contributed by atoms with E-state index in [-0.39, 0.29) is 37.4 Å². The summed E-state index contributed by atoms with van der Waals surface area (Å²) >= 11 is 0. The van der Waals surface area contributed by atoms with Crippen LogP contribution in [0.15, 0.2) is 48.6 Å². The summed E-state index contributed by atoms with van der Waals surface area (Å²) in [4.78, 5) is 35.8. The number of esters is 2. The summed E-state index contributed by atoms with van der Waals surface area (Å²) < 4.78 is 10.5. The lowest BCUT2D eigenvalue weighted by molar-refractivity contribution is -0.161. The minimum atomic E-state index is -0.816. The van der Waals surface area contributed by atoms with Gasteiger partial charge in [0.25, 0.3) is 0 Å². The molecule has 0 aliphatic carbocycles. The molecule has 0 saturated heterocycles. The van der Waals surface area contributed by atoms with E-state index >= 15 is 0 Å². The maximum absolute atomic E-state index is 12.1. The number of ketones is 1. The zero-order chi connectivity index (χ0) is 34.5. The Morgan fingerprint density at radius 3 is 1.64 bits per heavy atom. The first-order valence-electron chi connectivity index (χ1n) is 19.1. The predicted octanol–water partition coefficient (Wildman–Crippen LogP) is 11.0. The molecule has 0 aliphatic rings. The van der Waals surface area contributed by atoms with Crippen molar-refractivity contribution < 1.29 is 29.0 Å². The van der Waals surface area contributed by atoms with Crippen LogP contribution in [-0.2, 0) is 23.9 Å². The van der Waals surface area contributed by atoms with E-state index in [2.05, 4.69) is 32.1 Å². The van der Waals surface area contributed by atoms with Gasteiger partial charge in [-0.05, 0) is 44.6 Å². The molecule has 0 spiro atoms. The SMILES string of the molecule is CCCCCCCCCCCCCCCCCC(=O)OC[C@H](CO)OC(=O)CCC/C=C\C/C=C\C/C=C\C=C\C(=O)CCCCC. The minimum absolute atomic E-state index is 0.102. The van der Waals surface area contributed by atoms with Crippen LogP contribution in [0.4, 0.5) is 0 Å². The molecule has 0 aliphatic heterocycles. The predicted molar refractivity (Wildman–Crippen MR) is 196 cm³/mol. The summed E-state index contributed by atoms with van der Waals surface area (Å²) in [5.41, 5.74) is 0. The lowest BCUT2D eigenvalue weighted by Gasteiger charge is -2.15. The van der Waals surface area contributed by atoms with Crippen molar-refractivity contribution in [3.63, 3.8) is 0 Å². The minimum Gasteiger partial charge on any atom is -0.462 e. The molecule has 47 heavy (non-hydrogen) atoms. The van der Waals surface area contributed by atoms with Crippen LogP contribution in [0.5, 0.6) is 0 Å². The normalized spacial score (nSPS) is 12.6. The van der Waals surface area contributed by atoms with Gasteiger partial charge in [0.2, 0.25) is 0 Å². The Kier molecular flexibility index (Phi) is 34.5. The Hall–Kier alpha value is -2.47. The van der Waals surface area contributed by atoms with Gasteiger partial charge in [-0.1, -0.05) is 159 Å². The van der Waals surface area contributed by atoms with E-state index in [9.17, 15) is 19.5 Å². The number of carbonyl (C=O) groups excluding carboxylic acids is 3. The van der Waals surface area contributed by atoms with Crippen molar-refractivity contribution in [1.29, 1.82) is 0 Å². The largest absolute Gasteiger partial charge is 0.462 e. The van der Waals surface area contributed by atoms with Gasteiger partial charge >= 0.3 is 11.9 Å². The van der Waals surface area contributed by atoms with Crippen molar-refractivity contribution in [2.75, 3.05) is 13.2 Å². The van der Waals surface area contributed by atoms with Crippen molar-refractivity contribution in [2.24, 2.45) is 0 Å². The van der Waals surface area contributed by atoms with E-state index < -0.39 is 6.10 Å². The monoisotopic (exact) mass is 659 g/mol. The number of ether oxygens (including phenoxy) is 2. The second-order valence-corrected chi connectivity index (χ2v) is 12.7. The topological polar surface area (TPSA) is 89.9 Å². The third-order valence-corrected chi connectivity index (χ3v) is 8.10. The number of allylic oxidation sites excluding steroid dienone is 8. The molecule has 1 N–H and O–H groups in total. The van der Waals surface area contributed by atoms with E-state index in [0.717, 1.165) is 57.8 Å². The van der Waals surface area contributed by atoms with Crippen molar-refractivity contribution in [3.05, 3.63) is 48.6 Å². The summed E-state index contributed by atoms with van der Waals surface area (Å²) in [6.07, 6.45) is 41.5. The van der Waals surface area contributed by atoms with Gasteiger partial charge in [-0.2, -0.15) is 0 Å². The molecule has 0 amide bonds. The molecule has 0 aromatic carbocycles. The number of hydrogen-bond acceptors (Lipinski definition) is 6. The van der Waals surface area contributed by atoms with Crippen LogP contribution in [0.2, 0.25) is 0 Å². The molecule has 0 bridgehead atoms. The molecule has 270 valence electrons. The highest BCUT2D eigenvalue weighted by Gasteiger charge is 2.16. The summed E-state index contributed by atoms with van der Waals surface area (Å²) in [6.45, 7) is 3.92. The van der Waals surface area contributed by atoms with Crippen molar-refractivity contribution >= 4 is 17.7 Å². The van der Waals surface area contributed by atoms with Crippen LogP contribution in [-0.4, -0.2) is 42.1 Å². The van der Waals surface area contributed by atoms with E-state index in [1.165, 1.54) is 77.0 Å². The Morgan fingerprint density at radius 1 is 0.553 bits per heavy atom. The summed E-state index contributed by atoms with van der Waals surface area (Å²) in [5.74, 6) is -0.503. The van der Waals surface area contributed by atoms with Crippen molar-refractivity contribution in [2.45, 2.75) is 180 Å². The Labute approximate surface area is 288 Å². The number of unbranched alkanes of at least 4 members (excludes halogenated alkanes) is 17. The van der Waals surface area contributed by atoms with Gasteiger partial charge in [0.05, 0.1) is 6.61 Å². The third kappa shape index (κ3) is 34.7. The first kappa shape index (κ1) is 44.5. The molecule has 0 radical (unpaired) electrons. The lowest BCUT2D eigenvalue weighted by atomic mass is 10.0. The third-order valence-electron chi connectivity index (χ3n) is 8.10. The fourth-order valence-corrected chi connectivity index (χ4v) is 5.15. The molecular weight excluding hydrogens is 588 g/mol. The average Bonchev–Trinajstić information content (AvgIpc) is 3.07. The zero-order valence-corrected chi connectivity index (χ0v) is 30.3. The molecule has 0 unspecified atom stereocenters. The zero-order valence-electron chi connectivity index (χ0n) is 30.3. The molecule has 6 nitrogen and oxygen atoms in total. The van der Waals surface area contributed by atoms with Crippen LogP contribution < -0.4 is 0 Å². The summed E-state index contributed by atoms with van der Waals surface area (Å²) in [5, 5.41) is 9.53. The molecule has 0 aromatic heterocycles. The maximum atomic E-state index is 12.1.